The van der Waals surface area contributed by atoms with Crippen LogP contribution >= 0.6 is 0 Å². The van der Waals surface area contributed by atoms with Crippen LogP contribution < -0.4 is 10.1 Å². The molecule has 21 heavy (non-hydrogen) atoms. The van der Waals surface area contributed by atoms with Crippen LogP contribution in [0.3, 0.4) is 0 Å². The molecule has 0 aliphatic rings. The maximum absolute atomic E-state index is 5.47. The highest BCUT2D eigenvalue weighted by Crippen LogP contribution is 2.22. The topological polar surface area (TPSA) is 37.4 Å². The van der Waals surface area contributed by atoms with Crippen molar-refractivity contribution in [2.45, 2.75) is 19.6 Å². The molecule has 0 atom stereocenters. The summed E-state index contributed by atoms with van der Waals surface area (Å²) in [7, 11) is 5.80. The second-order valence-electron chi connectivity index (χ2n) is 5.20. The number of methoxy groups -OCH3 is 1. The fraction of sp³-hybridized carbons (Fsp3) is 0.353. The Morgan fingerprint density at radius 1 is 1.10 bits per heavy atom. The highest BCUT2D eigenvalue weighted by atomic mass is 16.5. The molecule has 0 amide bonds. The number of nitrogens with zero attached hydrogens (tertiary/aromatic N) is 2. The van der Waals surface area contributed by atoms with Gasteiger partial charge in [-0.25, -0.2) is 0 Å². The van der Waals surface area contributed by atoms with Gasteiger partial charge >= 0.3 is 0 Å². The molecule has 2 rings (SSSR count). The van der Waals surface area contributed by atoms with Crippen LogP contribution in [0.25, 0.3) is 0 Å². The first kappa shape index (κ1) is 15.5. The lowest BCUT2D eigenvalue weighted by Crippen LogP contribution is -2.18. The van der Waals surface area contributed by atoms with E-state index in [0.717, 1.165) is 25.4 Å². The number of hydrogen-bond acceptors (Lipinski definition) is 4. The molecule has 0 bridgehead atoms. The zero-order valence-electron chi connectivity index (χ0n) is 13.0. The van der Waals surface area contributed by atoms with E-state index in [-0.39, 0.29) is 0 Å². The lowest BCUT2D eigenvalue weighted by Gasteiger charge is -2.19. The van der Waals surface area contributed by atoms with Gasteiger partial charge in [0.05, 0.1) is 7.11 Å². The third-order valence-corrected chi connectivity index (χ3v) is 3.37. The summed E-state index contributed by atoms with van der Waals surface area (Å²) in [4.78, 5) is 6.32. The zero-order chi connectivity index (χ0) is 15.1. The average Bonchev–Trinajstić information content (AvgIpc) is 2.49. The van der Waals surface area contributed by atoms with Gasteiger partial charge in [-0.1, -0.05) is 6.07 Å². The molecule has 0 saturated heterocycles. The van der Waals surface area contributed by atoms with Crippen LogP contribution in [0.5, 0.6) is 5.75 Å². The summed E-state index contributed by atoms with van der Waals surface area (Å²) in [6.07, 6.45) is 3.66. The van der Waals surface area contributed by atoms with E-state index >= 15 is 0 Å². The van der Waals surface area contributed by atoms with Crippen molar-refractivity contribution < 1.29 is 4.74 Å². The van der Waals surface area contributed by atoms with Crippen molar-refractivity contribution in [1.29, 1.82) is 0 Å². The molecule has 2 aromatic rings. The van der Waals surface area contributed by atoms with E-state index in [1.807, 2.05) is 37.6 Å². The Balaban J connectivity index is 2.08. The quantitative estimate of drug-likeness (QED) is 0.848. The largest absolute Gasteiger partial charge is 0.496 e. The summed E-state index contributed by atoms with van der Waals surface area (Å²) in [6, 6.07) is 10.4. The van der Waals surface area contributed by atoms with Crippen molar-refractivity contribution in [1.82, 2.24) is 15.2 Å². The monoisotopic (exact) mass is 285 g/mol. The molecule has 0 unspecified atom stereocenters. The molecule has 1 heterocycles. The first-order valence-corrected chi connectivity index (χ1v) is 7.10. The molecular weight excluding hydrogens is 262 g/mol. The smallest absolute Gasteiger partial charge is 0.123 e. The van der Waals surface area contributed by atoms with Gasteiger partial charge in [0.2, 0.25) is 0 Å². The van der Waals surface area contributed by atoms with Gasteiger partial charge in [0.25, 0.3) is 0 Å². The van der Waals surface area contributed by atoms with Gasteiger partial charge in [0.1, 0.15) is 5.75 Å². The Morgan fingerprint density at radius 2 is 1.86 bits per heavy atom. The Hall–Kier alpha value is -1.91. The first-order chi connectivity index (χ1) is 10.2. The van der Waals surface area contributed by atoms with Gasteiger partial charge in [0, 0.05) is 37.6 Å². The highest BCUT2D eigenvalue weighted by molar-refractivity contribution is 5.37. The molecule has 0 fully saturated rings. The predicted octanol–water partition coefficient (Wildman–Crippen LogP) is 2.44. The first-order valence-electron chi connectivity index (χ1n) is 7.10. The van der Waals surface area contributed by atoms with Gasteiger partial charge < -0.3 is 10.1 Å². The second-order valence-corrected chi connectivity index (χ2v) is 5.20. The third kappa shape index (κ3) is 4.55. The van der Waals surface area contributed by atoms with E-state index in [2.05, 4.69) is 34.4 Å². The maximum atomic E-state index is 5.47. The van der Waals surface area contributed by atoms with Crippen molar-refractivity contribution in [2.24, 2.45) is 0 Å². The standard InChI is InChI=1S/C17H23N3O/c1-18-11-15-4-5-17(21-3)16(10-15)13-20(2)12-14-6-8-19-9-7-14/h4-10,18H,11-13H2,1-3H3. The van der Waals surface area contributed by atoms with Crippen molar-refractivity contribution in [3.63, 3.8) is 0 Å². The molecule has 0 radical (unpaired) electrons. The van der Waals surface area contributed by atoms with Crippen molar-refractivity contribution >= 4 is 0 Å². The molecule has 112 valence electrons. The fourth-order valence-electron chi connectivity index (χ4n) is 2.42. The Labute approximate surface area is 126 Å². The number of hydrogen-bond donors (Lipinski definition) is 1. The molecule has 4 nitrogen and oxygen atoms in total. The lowest BCUT2D eigenvalue weighted by atomic mass is 10.1. The van der Waals surface area contributed by atoms with E-state index < -0.39 is 0 Å². The number of nitrogens with one attached hydrogen (secondary N) is 1. The Kier molecular flexibility index (Phi) is 5.72. The van der Waals surface area contributed by atoms with E-state index in [1.54, 1.807) is 7.11 Å². The fourth-order valence-corrected chi connectivity index (χ4v) is 2.42. The van der Waals surface area contributed by atoms with Gasteiger partial charge in [-0.05, 0) is 49.5 Å². The van der Waals surface area contributed by atoms with E-state index in [9.17, 15) is 0 Å². The zero-order valence-corrected chi connectivity index (χ0v) is 13.0. The summed E-state index contributed by atoms with van der Waals surface area (Å²) < 4.78 is 5.47. The van der Waals surface area contributed by atoms with Gasteiger partial charge in [-0.15, -0.1) is 0 Å². The minimum atomic E-state index is 0.850. The van der Waals surface area contributed by atoms with Crippen LogP contribution in [0.4, 0.5) is 0 Å². The number of pyridine rings is 1. The van der Waals surface area contributed by atoms with Gasteiger partial charge in [0.15, 0.2) is 0 Å². The summed E-state index contributed by atoms with van der Waals surface area (Å²) in [5.74, 6) is 0.941. The summed E-state index contributed by atoms with van der Waals surface area (Å²) in [5, 5.41) is 3.18. The highest BCUT2D eigenvalue weighted by Gasteiger charge is 2.08. The normalized spacial score (nSPS) is 10.9. The molecule has 0 aliphatic carbocycles. The Bertz CT molecular complexity index is 557. The van der Waals surface area contributed by atoms with Gasteiger partial charge in [-0.2, -0.15) is 0 Å². The predicted molar refractivity (Wildman–Crippen MR) is 85.2 cm³/mol. The summed E-state index contributed by atoms with van der Waals surface area (Å²) in [6.45, 7) is 2.61. The number of rotatable bonds is 7. The van der Waals surface area contributed by atoms with Crippen LogP contribution in [0, 0.1) is 0 Å². The number of benzene rings is 1. The summed E-state index contributed by atoms with van der Waals surface area (Å²) >= 11 is 0. The molecule has 0 saturated carbocycles. The molecule has 4 heteroatoms. The lowest BCUT2D eigenvalue weighted by molar-refractivity contribution is 0.310. The SMILES string of the molecule is CNCc1ccc(OC)c(CN(C)Cc2ccncc2)c1. The second kappa shape index (κ2) is 7.76. The minimum Gasteiger partial charge on any atom is -0.496 e. The van der Waals surface area contributed by atoms with Crippen LogP contribution in [-0.2, 0) is 19.6 Å². The van der Waals surface area contributed by atoms with Crippen LogP contribution in [0.2, 0.25) is 0 Å². The molecular formula is C17H23N3O. The average molecular weight is 285 g/mol. The van der Waals surface area contributed by atoms with Crippen molar-refractivity contribution in [2.75, 3.05) is 21.2 Å². The van der Waals surface area contributed by atoms with Crippen molar-refractivity contribution in [3.05, 3.63) is 59.4 Å². The van der Waals surface area contributed by atoms with Crippen LogP contribution in [-0.4, -0.2) is 31.1 Å². The molecule has 0 spiro atoms. The molecule has 0 aliphatic heterocycles. The molecule has 1 N–H and O–H groups in total. The molecule has 1 aromatic heterocycles. The third-order valence-electron chi connectivity index (χ3n) is 3.37. The van der Waals surface area contributed by atoms with Gasteiger partial charge in [-0.3, -0.25) is 9.88 Å². The number of ether oxygens (including phenoxy) is 1. The van der Waals surface area contributed by atoms with E-state index in [1.165, 1.54) is 16.7 Å². The van der Waals surface area contributed by atoms with E-state index in [0.29, 0.717) is 0 Å². The van der Waals surface area contributed by atoms with E-state index in [4.69, 9.17) is 4.74 Å². The number of aromatic nitrogens is 1. The maximum Gasteiger partial charge on any atom is 0.123 e. The Morgan fingerprint density at radius 3 is 2.52 bits per heavy atom. The van der Waals surface area contributed by atoms with Crippen LogP contribution in [0.1, 0.15) is 16.7 Å². The van der Waals surface area contributed by atoms with Crippen molar-refractivity contribution in [3.8, 4) is 5.75 Å². The van der Waals surface area contributed by atoms with Crippen LogP contribution in [0.15, 0.2) is 42.7 Å². The molecule has 1 aromatic carbocycles. The summed E-state index contributed by atoms with van der Waals surface area (Å²) in [5.41, 5.74) is 3.74. The minimum absolute atomic E-state index is 0.850.